The molecule has 1 saturated heterocycles. The lowest BCUT2D eigenvalue weighted by molar-refractivity contribution is 0.102. The van der Waals surface area contributed by atoms with Crippen LogP contribution in [0.2, 0.25) is 0 Å². The highest BCUT2D eigenvalue weighted by atomic mass is 16.4. The number of carboxylic acid groups (broad SMARTS) is 1. The zero-order valence-corrected chi connectivity index (χ0v) is 19.7. The number of rotatable bonds is 6. The Kier molecular flexibility index (Phi) is 6.79. The molecule has 0 aliphatic carbocycles. The number of carbonyl (C=O) groups excluding carboxylic acids is 1. The largest absolute Gasteiger partial charge is 0.465 e. The molecule has 37 heavy (non-hydrogen) atoms. The summed E-state index contributed by atoms with van der Waals surface area (Å²) in [5.41, 5.74) is 2.34. The highest BCUT2D eigenvalue weighted by molar-refractivity contribution is 6.04. The molecule has 0 atom stereocenters. The maximum Gasteiger partial charge on any atom is 0.407 e. The van der Waals surface area contributed by atoms with Gasteiger partial charge in [-0.25, -0.2) is 19.7 Å². The number of nitrogens with one attached hydrogen (secondary N) is 2. The van der Waals surface area contributed by atoms with Gasteiger partial charge in [0.05, 0.1) is 17.5 Å². The first kappa shape index (κ1) is 23.6. The molecule has 0 aromatic carbocycles. The molecule has 0 spiro atoms. The zero-order chi connectivity index (χ0) is 25.6. The third-order valence-corrected chi connectivity index (χ3v) is 5.74. The van der Waals surface area contributed by atoms with Crippen LogP contribution in [0.1, 0.15) is 10.4 Å². The third kappa shape index (κ3) is 5.75. The fourth-order valence-electron chi connectivity index (χ4n) is 3.89. The average molecular weight is 498 g/mol. The number of piperazine rings is 1. The van der Waals surface area contributed by atoms with Gasteiger partial charge in [-0.2, -0.15) is 0 Å². The van der Waals surface area contributed by atoms with Gasteiger partial charge < -0.3 is 25.5 Å². The van der Waals surface area contributed by atoms with Gasteiger partial charge in [0, 0.05) is 74.5 Å². The molecular weight excluding hydrogens is 474 g/mol. The Bertz CT molecular complexity index is 1400. The Morgan fingerprint density at radius 2 is 1.70 bits per heavy atom. The van der Waals surface area contributed by atoms with E-state index in [4.69, 9.17) is 4.98 Å². The first-order chi connectivity index (χ1) is 18.0. The minimum absolute atomic E-state index is 0.303. The summed E-state index contributed by atoms with van der Waals surface area (Å²) in [6.07, 6.45) is 8.58. The van der Waals surface area contributed by atoms with Crippen LogP contribution < -0.4 is 15.5 Å². The van der Waals surface area contributed by atoms with E-state index in [1.807, 2.05) is 17.0 Å². The Labute approximate surface area is 212 Å². The summed E-state index contributed by atoms with van der Waals surface area (Å²) in [6, 6.07) is 10.6. The second-order valence-electron chi connectivity index (χ2n) is 8.20. The van der Waals surface area contributed by atoms with Crippen molar-refractivity contribution in [3.8, 4) is 11.3 Å². The van der Waals surface area contributed by atoms with Crippen molar-refractivity contribution in [1.82, 2.24) is 29.8 Å². The van der Waals surface area contributed by atoms with Crippen LogP contribution in [0.3, 0.4) is 0 Å². The van der Waals surface area contributed by atoms with Gasteiger partial charge in [-0.1, -0.05) is 0 Å². The molecule has 4 aromatic heterocycles. The molecule has 0 saturated carbocycles. The predicted octanol–water partition coefficient (Wildman–Crippen LogP) is 3.12. The minimum Gasteiger partial charge on any atom is -0.465 e. The van der Waals surface area contributed by atoms with E-state index in [9.17, 15) is 14.7 Å². The molecule has 5 heterocycles. The van der Waals surface area contributed by atoms with Crippen molar-refractivity contribution in [3.05, 3.63) is 79.1 Å². The lowest BCUT2D eigenvalue weighted by atomic mass is 10.1. The second-order valence-corrected chi connectivity index (χ2v) is 8.20. The molecule has 0 bridgehead atoms. The summed E-state index contributed by atoms with van der Waals surface area (Å²) in [5, 5.41) is 15.2. The van der Waals surface area contributed by atoms with Gasteiger partial charge in [-0.15, -0.1) is 0 Å². The second kappa shape index (κ2) is 10.6. The quantitative estimate of drug-likeness (QED) is 0.363. The highest BCUT2D eigenvalue weighted by Crippen LogP contribution is 2.28. The van der Waals surface area contributed by atoms with Gasteiger partial charge in [0.1, 0.15) is 17.5 Å². The molecule has 12 nitrogen and oxygen atoms in total. The molecule has 0 unspecified atom stereocenters. The first-order valence-electron chi connectivity index (χ1n) is 11.5. The van der Waals surface area contributed by atoms with Gasteiger partial charge in [0.15, 0.2) is 0 Å². The molecule has 1 fully saturated rings. The summed E-state index contributed by atoms with van der Waals surface area (Å²) in [6.45, 7) is 1.89. The van der Waals surface area contributed by atoms with Crippen LogP contribution in [0.15, 0.2) is 73.6 Å². The topological polar surface area (TPSA) is 149 Å². The summed E-state index contributed by atoms with van der Waals surface area (Å²) in [5.74, 6) is 1.39. The molecule has 186 valence electrons. The summed E-state index contributed by atoms with van der Waals surface area (Å²) in [7, 11) is 0. The predicted molar refractivity (Wildman–Crippen MR) is 137 cm³/mol. The number of pyridine rings is 3. The van der Waals surface area contributed by atoms with E-state index in [0.29, 0.717) is 54.8 Å². The molecule has 12 heteroatoms. The van der Waals surface area contributed by atoms with E-state index in [0.717, 1.165) is 11.4 Å². The standard InChI is InChI=1S/C25H23N9O3/c35-24(18-2-1-4-26-15-18)30-19-13-20(31-21(14-19)32-22-16-27-6-7-28-22)17-3-5-29-23(12-17)33-8-10-34(11-9-33)25(36)37/h1-7,12-16H,8-11H2,(H,36,37)(H2,28,30,31,32,35). The van der Waals surface area contributed by atoms with Gasteiger partial charge in [0.2, 0.25) is 0 Å². The number of aromatic nitrogens is 5. The Hall–Kier alpha value is -5.13. The van der Waals surface area contributed by atoms with Gasteiger partial charge in [0.25, 0.3) is 5.91 Å². The lowest BCUT2D eigenvalue weighted by Gasteiger charge is -2.33. The Morgan fingerprint density at radius 3 is 2.43 bits per heavy atom. The number of carbonyl (C=O) groups is 2. The molecule has 0 radical (unpaired) electrons. The van der Waals surface area contributed by atoms with Crippen LogP contribution in [0.5, 0.6) is 0 Å². The molecule has 1 aliphatic rings. The summed E-state index contributed by atoms with van der Waals surface area (Å²) < 4.78 is 0. The average Bonchev–Trinajstić information content (AvgIpc) is 2.94. The van der Waals surface area contributed by atoms with E-state index in [1.54, 1.807) is 55.2 Å². The fourth-order valence-corrected chi connectivity index (χ4v) is 3.89. The number of amides is 2. The minimum atomic E-state index is -0.918. The van der Waals surface area contributed by atoms with E-state index >= 15 is 0 Å². The zero-order valence-electron chi connectivity index (χ0n) is 19.7. The Balaban J connectivity index is 1.44. The van der Waals surface area contributed by atoms with Crippen LogP contribution in [0.25, 0.3) is 11.3 Å². The van der Waals surface area contributed by atoms with Crippen molar-refractivity contribution in [2.45, 2.75) is 0 Å². The summed E-state index contributed by atoms with van der Waals surface area (Å²) in [4.78, 5) is 49.0. The molecule has 3 N–H and O–H groups in total. The first-order valence-corrected chi connectivity index (χ1v) is 11.5. The lowest BCUT2D eigenvalue weighted by Crippen LogP contribution is -2.48. The van der Waals surface area contributed by atoms with Crippen LogP contribution in [-0.4, -0.2) is 73.1 Å². The van der Waals surface area contributed by atoms with Gasteiger partial charge in [-0.05, 0) is 30.3 Å². The summed E-state index contributed by atoms with van der Waals surface area (Å²) >= 11 is 0. The number of anilines is 4. The number of nitrogens with zero attached hydrogens (tertiary/aromatic N) is 7. The van der Waals surface area contributed by atoms with E-state index < -0.39 is 6.09 Å². The molecule has 2 amide bonds. The van der Waals surface area contributed by atoms with Crippen LogP contribution >= 0.6 is 0 Å². The van der Waals surface area contributed by atoms with E-state index in [-0.39, 0.29) is 5.91 Å². The van der Waals surface area contributed by atoms with Crippen LogP contribution in [-0.2, 0) is 0 Å². The highest BCUT2D eigenvalue weighted by Gasteiger charge is 2.21. The maximum absolute atomic E-state index is 12.8. The van der Waals surface area contributed by atoms with Crippen molar-refractivity contribution in [1.29, 1.82) is 0 Å². The third-order valence-electron chi connectivity index (χ3n) is 5.74. The van der Waals surface area contributed by atoms with Gasteiger partial charge >= 0.3 is 6.09 Å². The monoisotopic (exact) mass is 497 g/mol. The number of hydrogen-bond acceptors (Lipinski definition) is 9. The van der Waals surface area contributed by atoms with Crippen molar-refractivity contribution in [2.24, 2.45) is 0 Å². The normalized spacial score (nSPS) is 13.2. The van der Waals surface area contributed by atoms with Crippen LogP contribution in [0, 0.1) is 0 Å². The SMILES string of the molecule is O=C(Nc1cc(Nc2cnccn2)nc(-c2ccnc(N3CCN(C(=O)O)CC3)c2)c1)c1cccnc1. The molecule has 5 rings (SSSR count). The fraction of sp³-hybridized carbons (Fsp3) is 0.160. The van der Waals surface area contributed by atoms with E-state index in [1.165, 1.54) is 11.1 Å². The molecule has 4 aromatic rings. The molecular formula is C25H23N9O3. The maximum atomic E-state index is 12.8. The number of hydrogen-bond donors (Lipinski definition) is 3. The Morgan fingerprint density at radius 1 is 0.865 bits per heavy atom. The van der Waals surface area contributed by atoms with Crippen molar-refractivity contribution >= 4 is 35.1 Å². The van der Waals surface area contributed by atoms with Crippen molar-refractivity contribution < 1.29 is 14.7 Å². The van der Waals surface area contributed by atoms with E-state index in [2.05, 4.69) is 30.6 Å². The van der Waals surface area contributed by atoms with Gasteiger partial charge in [-0.3, -0.25) is 14.8 Å². The van der Waals surface area contributed by atoms with Crippen molar-refractivity contribution in [3.63, 3.8) is 0 Å². The van der Waals surface area contributed by atoms with Crippen LogP contribution in [0.4, 0.5) is 27.9 Å². The smallest absolute Gasteiger partial charge is 0.407 e. The van der Waals surface area contributed by atoms with Crippen molar-refractivity contribution in [2.75, 3.05) is 41.7 Å². The molecule has 1 aliphatic heterocycles.